The van der Waals surface area contributed by atoms with Crippen LogP contribution < -0.4 is 11.1 Å². The maximum atomic E-state index is 12.1. The van der Waals surface area contributed by atoms with Crippen LogP contribution in [0.15, 0.2) is 30.5 Å². The normalized spacial score (nSPS) is 10.2. The van der Waals surface area contributed by atoms with Gasteiger partial charge < -0.3 is 11.1 Å². The van der Waals surface area contributed by atoms with Gasteiger partial charge in [0.25, 0.3) is 11.6 Å². The number of nitrogens with zero attached hydrogens (tertiary/aromatic N) is 2. The summed E-state index contributed by atoms with van der Waals surface area (Å²) >= 11 is 11.7. The van der Waals surface area contributed by atoms with Gasteiger partial charge in [0.1, 0.15) is 12.0 Å². The first-order valence-electron chi connectivity index (χ1n) is 5.55. The van der Waals surface area contributed by atoms with Crippen molar-refractivity contribution < 1.29 is 9.72 Å². The van der Waals surface area contributed by atoms with E-state index in [0.29, 0.717) is 10.7 Å². The van der Waals surface area contributed by atoms with Gasteiger partial charge in [-0.05, 0) is 18.2 Å². The second-order valence-electron chi connectivity index (χ2n) is 3.96. The molecule has 2 rings (SSSR count). The Morgan fingerprint density at radius 3 is 2.67 bits per heavy atom. The molecular weight excluding hydrogens is 319 g/mol. The molecule has 2 aromatic rings. The summed E-state index contributed by atoms with van der Waals surface area (Å²) in [5, 5.41) is 13.8. The predicted octanol–water partition coefficient (Wildman–Crippen LogP) is 3.13. The number of nitrogens with two attached hydrogens (primary N) is 1. The molecule has 0 saturated carbocycles. The molecule has 0 atom stereocenters. The Morgan fingerprint density at radius 2 is 2.05 bits per heavy atom. The van der Waals surface area contributed by atoms with Crippen molar-refractivity contribution in [3.8, 4) is 0 Å². The lowest BCUT2D eigenvalue weighted by Crippen LogP contribution is -2.15. The van der Waals surface area contributed by atoms with Crippen LogP contribution in [0.25, 0.3) is 0 Å². The fraction of sp³-hybridized carbons (Fsp3) is 0. The van der Waals surface area contributed by atoms with Gasteiger partial charge in [0, 0.05) is 11.1 Å². The Balaban J connectivity index is 2.32. The highest BCUT2D eigenvalue weighted by molar-refractivity contribution is 6.36. The van der Waals surface area contributed by atoms with Gasteiger partial charge in [-0.25, -0.2) is 4.98 Å². The van der Waals surface area contributed by atoms with Crippen LogP contribution in [-0.4, -0.2) is 15.8 Å². The lowest BCUT2D eigenvalue weighted by Gasteiger charge is -2.08. The van der Waals surface area contributed by atoms with Crippen molar-refractivity contribution in [2.24, 2.45) is 0 Å². The summed E-state index contributed by atoms with van der Waals surface area (Å²) in [6, 6.07) is 5.54. The zero-order valence-corrected chi connectivity index (χ0v) is 11.9. The van der Waals surface area contributed by atoms with E-state index in [-0.39, 0.29) is 22.1 Å². The largest absolute Gasteiger partial charge is 0.383 e. The summed E-state index contributed by atoms with van der Waals surface area (Å²) < 4.78 is 0. The standard InChI is InChI=1S/C12H8Cl2N4O3/c13-6-1-2-10(9(14)3-6)17-12(19)8-4-7(18(20)21)5-16-11(8)15/h1-5H,(H2,15,16)(H,17,19). The van der Waals surface area contributed by atoms with Gasteiger partial charge in [-0.15, -0.1) is 0 Å². The van der Waals surface area contributed by atoms with E-state index in [9.17, 15) is 14.9 Å². The van der Waals surface area contributed by atoms with Gasteiger partial charge >= 0.3 is 0 Å². The van der Waals surface area contributed by atoms with Crippen molar-refractivity contribution in [3.63, 3.8) is 0 Å². The van der Waals surface area contributed by atoms with Crippen LogP contribution >= 0.6 is 23.2 Å². The number of benzene rings is 1. The molecule has 7 nitrogen and oxygen atoms in total. The van der Waals surface area contributed by atoms with E-state index in [1.54, 1.807) is 0 Å². The summed E-state index contributed by atoms with van der Waals surface area (Å²) in [6.07, 6.45) is 0.974. The van der Waals surface area contributed by atoms with Crippen LogP contribution in [0, 0.1) is 10.1 Å². The van der Waals surface area contributed by atoms with Crippen molar-refractivity contribution in [1.82, 2.24) is 4.98 Å². The zero-order valence-electron chi connectivity index (χ0n) is 10.3. The fourth-order valence-electron chi connectivity index (χ4n) is 1.53. The van der Waals surface area contributed by atoms with Crippen molar-refractivity contribution in [2.75, 3.05) is 11.1 Å². The number of halogens is 2. The molecule has 0 spiro atoms. The number of aromatic nitrogens is 1. The molecular formula is C12H8Cl2N4O3. The van der Waals surface area contributed by atoms with E-state index < -0.39 is 10.8 Å². The van der Waals surface area contributed by atoms with Gasteiger partial charge in [-0.3, -0.25) is 14.9 Å². The lowest BCUT2D eigenvalue weighted by molar-refractivity contribution is -0.385. The molecule has 1 aromatic carbocycles. The molecule has 0 aliphatic rings. The summed E-state index contributed by atoms with van der Waals surface area (Å²) in [6.45, 7) is 0. The third-order valence-electron chi connectivity index (χ3n) is 2.54. The van der Waals surface area contributed by atoms with Gasteiger partial charge in [0.15, 0.2) is 0 Å². The molecule has 1 heterocycles. The molecule has 1 aromatic heterocycles. The third-order valence-corrected chi connectivity index (χ3v) is 3.09. The van der Waals surface area contributed by atoms with Crippen LogP contribution in [0.1, 0.15) is 10.4 Å². The zero-order chi connectivity index (χ0) is 15.6. The van der Waals surface area contributed by atoms with E-state index >= 15 is 0 Å². The van der Waals surface area contributed by atoms with Crippen molar-refractivity contribution in [3.05, 3.63) is 56.2 Å². The van der Waals surface area contributed by atoms with Crippen LogP contribution in [-0.2, 0) is 0 Å². The number of carbonyl (C=O) groups excluding carboxylic acids is 1. The number of carbonyl (C=O) groups is 1. The quantitative estimate of drug-likeness (QED) is 0.664. The van der Waals surface area contributed by atoms with E-state index in [0.717, 1.165) is 12.3 Å². The number of nitro groups is 1. The molecule has 21 heavy (non-hydrogen) atoms. The average molecular weight is 327 g/mol. The minimum absolute atomic E-state index is 0.116. The van der Waals surface area contributed by atoms with Crippen LogP contribution in [0.2, 0.25) is 10.0 Å². The highest BCUT2D eigenvalue weighted by Gasteiger charge is 2.17. The Hall–Kier alpha value is -2.38. The molecule has 0 bridgehead atoms. The maximum absolute atomic E-state index is 12.1. The van der Waals surface area contributed by atoms with Crippen LogP contribution in [0.5, 0.6) is 0 Å². The molecule has 9 heteroatoms. The Bertz CT molecular complexity index is 736. The molecule has 0 aliphatic carbocycles. The minimum Gasteiger partial charge on any atom is -0.383 e. The second-order valence-corrected chi connectivity index (χ2v) is 4.81. The minimum atomic E-state index is -0.668. The summed E-state index contributed by atoms with van der Waals surface area (Å²) in [5.74, 6) is -0.781. The molecule has 0 aliphatic heterocycles. The number of amides is 1. The second kappa shape index (κ2) is 5.94. The monoisotopic (exact) mass is 326 g/mol. The molecule has 3 N–H and O–H groups in total. The Labute approximate surface area is 128 Å². The average Bonchev–Trinajstić information content (AvgIpc) is 2.42. The van der Waals surface area contributed by atoms with Crippen molar-refractivity contribution >= 4 is 46.3 Å². The topological polar surface area (TPSA) is 111 Å². The number of pyridine rings is 1. The Kier molecular flexibility index (Phi) is 4.25. The van der Waals surface area contributed by atoms with Crippen molar-refractivity contribution in [1.29, 1.82) is 0 Å². The SMILES string of the molecule is Nc1ncc([N+](=O)[O-])cc1C(=O)Nc1ccc(Cl)cc1Cl. The number of hydrogen-bond donors (Lipinski definition) is 2. The number of anilines is 2. The first kappa shape index (κ1) is 15.0. The number of rotatable bonds is 3. The fourth-order valence-corrected chi connectivity index (χ4v) is 1.98. The number of nitrogen functional groups attached to an aromatic ring is 1. The summed E-state index contributed by atoms with van der Waals surface area (Å²) in [4.78, 5) is 25.7. The first-order valence-corrected chi connectivity index (χ1v) is 6.30. The van der Waals surface area contributed by atoms with Crippen molar-refractivity contribution in [2.45, 2.75) is 0 Å². The van der Waals surface area contributed by atoms with Gasteiger partial charge in [0.2, 0.25) is 0 Å². The molecule has 0 saturated heterocycles. The maximum Gasteiger partial charge on any atom is 0.288 e. The number of hydrogen-bond acceptors (Lipinski definition) is 5. The predicted molar refractivity (Wildman–Crippen MR) is 79.7 cm³/mol. The van der Waals surface area contributed by atoms with Gasteiger partial charge in [-0.2, -0.15) is 0 Å². The summed E-state index contributed by atoms with van der Waals surface area (Å²) in [5.41, 5.74) is 5.41. The molecule has 0 radical (unpaired) electrons. The molecule has 0 fully saturated rings. The molecule has 0 unspecified atom stereocenters. The van der Waals surface area contributed by atoms with Crippen LogP contribution in [0.3, 0.4) is 0 Å². The molecule has 1 amide bonds. The Morgan fingerprint density at radius 1 is 1.33 bits per heavy atom. The smallest absolute Gasteiger partial charge is 0.288 e. The first-order chi connectivity index (χ1) is 9.88. The summed E-state index contributed by atoms with van der Waals surface area (Å²) in [7, 11) is 0. The molecule has 108 valence electrons. The lowest BCUT2D eigenvalue weighted by atomic mass is 10.2. The third kappa shape index (κ3) is 3.39. The van der Waals surface area contributed by atoms with Gasteiger partial charge in [0.05, 0.1) is 21.2 Å². The van der Waals surface area contributed by atoms with E-state index in [1.807, 2.05) is 0 Å². The number of nitrogens with one attached hydrogen (secondary N) is 1. The van der Waals surface area contributed by atoms with Gasteiger partial charge in [-0.1, -0.05) is 23.2 Å². The van der Waals surface area contributed by atoms with Crippen LogP contribution in [0.4, 0.5) is 17.2 Å². The highest BCUT2D eigenvalue weighted by atomic mass is 35.5. The van der Waals surface area contributed by atoms with E-state index in [1.165, 1.54) is 18.2 Å². The van der Waals surface area contributed by atoms with E-state index in [2.05, 4.69) is 10.3 Å². The highest BCUT2D eigenvalue weighted by Crippen LogP contribution is 2.26. The van der Waals surface area contributed by atoms with E-state index in [4.69, 9.17) is 28.9 Å².